The monoisotopic (exact) mass is 420 g/mol. The molecular formula is C22H29ClN2O4. The van der Waals surface area contributed by atoms with Crippen LogP contribution < -0.4 is 5.32 Å². The smallest absolute Gasteiger partial charge is 0.322 e. The molecule has 6 nitrogen and oxygen atoms in total. The molecule has 158 valence electrons. The molecule has 2 N–H and O–H groups in total. The number of carboxylic acids is 1. The number of nitrogens with zero attached hydrogens (tertiary/aromatic N) is 1. The van der Waals surface area contributed by atoms with Crippen LogP contribution in [0, 0.1) is 5.41 Å². The molecule has 1 saturated heterocycles. The summed E-state index contributed by atoms with van der Waals surface area (Å²) >= 11 is 6.61. The number of nitrogens with one attached hydrogen (secondary N) is 1. The molecule has 2 aliphatic rings. The average molecular weight is 421 g/mol. The number of fused-ring (bicyclic) bond motifs is 1. The van der Waals surface area contributed by atoms with Crippen LogP contribution >= 0.6 is 11.6 Å². The molecule has 1 unspecified atom stereocenters. The van der Waals surface area contributed by atoms with E-state index in [1.165, 1.54) is 4.90 Å². The van der Waals surface area contributed by atoms with Crippen LogP contribution in [0.25, 0.3) is 0 Å². The van der Waals surface area contributed by atoms with Crippen LogP contribution in [0.4, 0.5) is 4.79 Å². The quantitative estimate of drug-likeness (QED) is 0.718. The van der Waals surface area contributed by atoms with Crippen molar-refractivity contribution in [2.75, 3.05) is 19.8 Å². The first-order valence-electron chi connectivity index (χ1n) is 9.99. The van der Waals surface area contributed by atoms with Gasteiger partial charge in [0.05, 0.1) is 19.6 Å². The molecule has 0 aromatic heterocycles. The van der Waals surface area contributed by atoms with Crippen LogP contribution in [0.3, 0.4) is 0 Å². The Morgan fingerprint density at radius 2 is 2.14 bits per heavy atom. The summed E-state index contributed by atoms with van der Waals surface area (Å²) in [7, 11) is 0. The highest BCUT2D eigenvalue weighted by molar-refractivity contribution is 6.31. The molecule has 7 heteroatoms. The van der Waals surface area contributed by atoms with Gasteiger partial charge in [0.2, 0.25) is 0 Å². The predicted octanol–water partition coefficient (Wildman–Crippen LogP) is 4.32. The first-order valence-corrected chi connectivity index (χ1v) is 10.4. The van der Waals surface area contributed by atoms with Gasteiger partial charge in [-0.25, -0.2) is 4.79 Å². The molecule has 0 aliphatic carbocycles. The highest BCUT2D eigenvalue weighted by atomic mass is 35.5. The highest BCUT2D eigenvalue weighted by Gasteiger charge is 2.44. The molecule has 0 bridgehead atoms. The first-order chi connectivity index (χ1) is 13.6. The number of aryl methyl sites for hydroxylation is 1. The maximum absolute atomic E-state index is 12.7. The summed E-state index contributed by atoms with van der Waals surface area (Å²) in [4.78, 5) is 25.0. The molecule has 1 aromatic rings. The first kappa shape index (κ1) is 21.7. The van der Waals surface area contributed by atoms with Gasteiger partial charge >= 0.3 is 12.0 Å². The van der Waals surface area contributed by atoms with Crippen molar-refractivity contribution in [2.45, 2.75) is 52.0 Å². The van der Waals surface area contributed by atoms with Crippen molar-refractivity contribution in [3.63, 3.8) is 0 Å². The van der Waals surface area contributed by atoms with Crippen LogP contribution in [0.1, 0.15) is 51.2 Å². The summed E-state index contributed by atoms with van der Waals surface area (Å²) in [5.41, 5.74) is 2.45. The minimum atomic E-state index is -0.933. The second kappa shape index (κ2) is 8.36. The molecule has 1 aromatic carbocycles. The third-order valence-corrected chi connectivity index (χ3v) is 5.88. The Kier molecular flexibility index (Phi) is 6.24. The fourth-order valence-electron chi connectivity index (χ4n) is 3.75. The molecule has 3 rings (SSSR count). The van der Waals surface area contributed by atoms with E-state index >= 15 is 0 Å². The zero-order valence-electron chi connectivity index (χ0n) is 17.3. The Morgan fingerprint density at radius 1 is 1.38 bits per heavy atom. The summed E-state index contributed by atoms with van der Waals surface area (Å²) in [5, 5.41) is 12.7. The second-order valence-corrected chi connectivity index (χ2v) is 9.40. The molecule has 1 atom stereocenters. The number of benzene rings is 1. The van der Waals surface area contributed by atoms with Gasteiger partial charge in [-0.2, -0.15) is 0 Å². The van der Waals surface area contributed by atoms with E-state index in [0.29, 0.717) is 24.7 Å². The van der Waals surface area contributed by atoms with Gasteiger partial charge in [0.1, 0.15) is 5.54 Å². The summed E-state index contributed by atoms with van der Waals surface area (Å²) in [6, 6.07) is 5.65. The van der Waals surface area contributed by atoms with E-state index in [2.05, 4.69) is 26.1 Å². The zero-order chi connectivity index (χ0) is 21.2. The number of urea groups is 1. The van der Waals surface area contributed by atoms with E-state index in [0.717, 1.165) is 29.5 Å². The van der Waals surface area contributed by atoms with E-state index in [9.17, 15) is 9.59 Å². The SMILES string of the molecule is CC(C)(C)CCc1ccc(C23COCCC2=CN(CCC(=O)O)C(=O)N3)cc1Cl. The van der Waals surface area contributed by atoms with Crippen LogP contribution in [-0.2, 0) is 21.5 Å². The second-order valence-electron chi connectivity index (χ2n) is 9.00. The minimum Gasteiger partial charge on any atom is -0.481 e. The average Bonchev–Trinajstić information content (AvgIpc) is 2.64. The van der Waals surface area contributed by atoms with Crippen molar-refractivity contribution in [3.8, 4) is 0 Å². The molecule has 2 amide bonds. The number of aliphatic carboxylic acids is 1. The largest absolute Gasteiger partial charge is 0.481 e. The molecule has 2 aliphatic heterocycles. The molecule has 2 heterocycles. The third kappa shape index (κ3) is 4.93. The van der Waals surface area contributed by atoms with E-state index in [1.54, 1.807) is 6.20 Å². The predicted molar refractivity (Wildman–Crippen MR) is 112 cm³/mol. The van der Waals surface area contributed by atoms with E-state index in [-0.39, 0.29) is 24.4 Å². The highest BCUT2D eigenvalue weighted by Crippen LogP contribution is 2.39. The van der Waals surface area contributed by atoms with Crippen molar-refractivity contribution in [3.05, 3.63) is 46.1 Å². The van der Waals surface area contributed by atoms with Crippen LogP contribution in [-0.4, -0.2) is 41.8 Å². The van der Waals surface area contributed by atoms with Crippen molar-refractivity contribution in [2.24, 2.45) is 5.41 Å². The Morgan fingerprint density at radius 3 is 2.79 bits per heavy atom. The van der Waals surface area contributed by atoms with E-state index in [4.69, 9.17) is 21.4 Å². The maximum Gasteiger partial charge on any atom is 0.322 e. The minimum absolute atomic E-state index is 0.102. The van der Waals surface area contributed by atoms with Gasteiger partial charge in [0.25, 0.3) is 0 Å². The Bertz CT molecular complexity index is 831. The van der Waals surface area contributed by atoms with Gasteiger partial charge < -0.3 is 20.1 Å². The van der Waals surface area contributed by atoms with Gasteiger partial charge in [0.15, 0.2) is 0 Å². The number of ether oxygens (including phenoxy) is 1. The fourth-order valence-corrected chi connectivity index (χ4v) is 4.03. The van der Waals surface area contributed by atoms with Crippen molar-refractivity contribution < 1.29 is 19.4 Å². The lowest BCUT2D eigenvalue weighted by Gasteiger charge is -2.45. The van der Waals surface area contributed by atoms with Gasteiger partial charge in [0, 0.05) is 17.8 Å². The van der Waals surface area contributed by atoms with E-state index < -0.39 is 11.5 Å². The van der Waals surface area contributed by atoms with Crippen molar-refractivity contribution >= 4 is 23.6 Å². The number of carbonyl (C=O) groups excluding carboxylic acids is 1. The summed E-state index contributed by atoms with van der Waals surface area (Å²) in [5.74, 6) is -0.933. The molecular weight excluding hydrogens is 392 g/mol. The van der Waals surface area contributed by atoms with Gasteiger partial charge in [-0.15, -0.1) is 0 Å². The van der Waals surface area contributed by atoms with Gasteiger partial charge in [-0.1, -0.05) is 44.5 Å². The maximum atomic E-state index is 12.7. The number of carboxylic acid groups (broad SMARTS) is 1. The van der Waals surface area contributed by atoms with Crippen molar-refractivity contribution in [1.82, 2.24) is 10.2 Å². The Labute approximate surface area is 176 Å². The third-order valence-electron chi connectivity index (χ3n) is 5.53. The molecule has 0 saturated carbocycles. The van der Waals surface area contributed by atoms with Crippen LogP contribution in [0.15, 0.2) is 30.0 Å². The van der Waals surface area contributed by atoms with Crippen LogP contribution in [0.5, 0.6) is 0 Å². The van der Waals surface area contributed by atoms with Gasteiger partial charge in [-0.05, 0) is 47.4 Å². The number of amides is 2. The number of rotatable bonds is 6. The zero-order valence-corrected chi connectivity index (χ0v) is 18.0. The fraction of sp³-hybridized carbons (Fsp3) is 0.545. The Balaban J connectivity index is 1.89. The Hall–Kier alpha value is -2.05. The topological polar surface area (TPSA) is 78.9 Å². The van der Waals surface area contributed by atoms with Crippen molar-refractivity contribution in [1.29, 1.82) is 0 Å². The van der Waals surface area contributed by atoms with Crippen LogP contribution in [0.2, 0.25) is 5.02 Å². The lowest BCUT2D eigenvalue weighted by atomic mass is 9.79. The number of halogens is 1. The number of hydrogen-bond donors (Lipinski definition) is 2. The summed E-state index contributed by atoms with van der Waals surface area (Å²) in [6.07, 6.45) is 4.26. The number of hydrogen-bond acceptors (Lipinski definition) is 3. The summed E-state index contributed by atoms with van der Waals surface area (Å²) in [6.45, 7) is 7.64. The lowest BCUT2D eigenvalue weighted by molar-refractivity contribution is -0.137. The van der Waals surface area contributed by atoms with E-state index in [1.807, 2.05) is 18.2 Å². The molecule has 0 radical (unpaired) electrons. The standard InChI is InChI=1S/C22H29ClN2O4/c1-21(2,3)9-6-15-4-5-16(12-18(15)23)22-14-29-11-8-17(22)13-25(20(28)24-22)10-7-19(26)27/h4-5,12-13H,6-11,14H2,1-3H3,(H,24,28)(H,26,27). The molecule has 29 heavy (non-hydrogen) atoms. The lowest BCUT2D eigenvalue weighted by Crippen LogP contribution is -2.59. The normalized spacial score (nSPS) is 22.0. The number of carbonyl (C=O) groups is 2. The molecule has 1 fully saturated rings. The van der Waals surface area contributed by atoms with Gasteiger partial charge in [-0.3, -0.25) is 4.79 Å². The molecule has 0 spiro atoms. The summed E-state index contributed by atoms with van der Waals surface area (Å²) < 4.78 is 5.73.